The summed E-state index contributed by atoms with van der Waals surface area (Å²) >= 11 is 0. The molecule has 1 aromatic heterocycles. The van der Waals surface area contributed by atoms with Crippen LogP contribution in [0.1, 0.15) is 97.1 Å². The molecule has 1 saturated heterocycles. The molecule has 2 heterocycles. The van der Waals surface area contributed by atoms with Gasteiger partial charge in [-0.2, -0.15) is 4.98 Å². The van der Waals surface area contributed by atoms with Crippen LogP contribution >= 0.6 is 0 Å². The van der Waals surface area contributed by atoms with Crippen LogP contribution in [0.15, 0.2) is 17.1 Å². The van der Waals surface area contributed by atoms with Crippen LogP contribution < -0.4 is 11.4 Å². The van der Waals surface area contributed by atoms with Crippen LogP contribution in [0.25, 0.3) is 0 Å². The van der Waals surface area contributed by atoms with Crippen molar-refractivity contribution in [1.29, 1.82) is 0 Å². The van der Waals surface area contributed by atoms with Gasteiger partial charge in [0, 0.05) is 26.1 Å². The lowest BCUT2D eigenvalue weighted by Crippen LogP contribution is -2.41. The quantitative estimate of drug-likeness (QED) is 0.245. The Balaban J connectivity index is 2.05. The normalized spacial score (nSPS) is 21.4. The molecule has 1 unspecified atom stereocenters. The molecule has 0 aliphatic carbocycles. The summed E-state index contributed by atoms with van der Waals surface area (Å²) < 4.78 is 24.1. The third-order valence-corrected chi connectivity index (χ3v) is 6.33. The first-order chi connectivity index (χ1) is 17.4. The van der Waals surface area contributed by atoms with Crippen molar-refractivity contribution in [3.8, 4) is 0 Å². The van der Waals surface area contributed by atoms with Gasteiger partial charge in [0.1, 0.15) is 24.6 Å². The van der Waals surface area contributed by atoms with Crippen LogP contribution in [0.4, 0.5) is 5.82 Å². The fourth-order valence-electron chi connectivity index (χ4n) is 4.28. The molecule has 0 aromatic carbocycles. The average molecular weight is 510 g/mol. The van der Waals surface area contributed by atoms with Crippen molar-refractivity contribution in [1.82, 2.24) is 9.55 Å². The minimum atomic E-state index is -0.921. The fraction of sp³-hybridized carbons (Fsp3) is 0.769. The van der Waals surface area contributed by atoms with Crippen LogP contribution in [0.3, 0.4) is 0 Å². The minimum absolute atomic E-state index is 0.0821. The third kappa shape index (κ3) is 9.54. The predicted octanol–water partition coefficient (Wildman–Crippen LogP) is 3.91. The maximum atomic E-state index is 12.6. The second-order valence-corrected chi connectivity index (χ2v) is 9.27. The van der Waals surface area contributed by atoms with E-state index in [1.165, 1.54) is 23.9 Å². The molecule has 10 heteroatoms. The van der Waals surface area contributed by atoms with Crippen LogP contribution in [-0.4, -0.2) is 53.5 Å². The summed E-state index contributed by atoms with van der Waals surface area (Å²) in [5.74, 6) is -0.628. The molecule has 204 valence electrons. The van der Waals surface area contributed by atoms with Gasteiger partial charge in [0.05, 0.1) is 0 Å². The summed E-state index contributed by atoms with van der Waals surface area (Å²) in [5, 5.41) is 0. The molecule has 0 saturated carbocycles. The summed E-state index contributed by atoms with van der Waals surface area (Å²) in [4.78, 5) is 41.1. The first-order valence-electron chi connectivity index (χ1n) is 13.3. The Morgan fingerprint density at radius 2 is 1.58 bits per heavy atom. The number of methoxy groups -OCH3 is 1. The molecule has 10 nitrogen and oxygen atoms in total. The zero-order valence-electron chi connectivity index (χ0n) is 22.0. The number of carbonyl (C=O) groups is 2. The maximum absolute atomic E-state index is 12.6. The Morgan fingerprint density at radius 3 is 2.17 bits per heavy atom. The van der Waals surface area contributed by atoms with Crippen molar-refractivity contribution in [2.45, 2.75) is 115 Å². The van der Waals surface area contributed by atoms with Gasteiger partial charge < -0.3 is 24.7 Å². The topological polar surface area (TPSA) is 132 Å². The highest BCUT2D eigenvalue weighted by Crippen LogP contribution is 2.33. The van der Waals surface area contributed by atoms with E-state index in [2.05, 4.69) is 18.8 Å². The molecule has 0 amide bonds. The number of ether oxygens (including phenoxy) is 4. The van der Waals surface area contributed by atoms with E-state index in [0.717, 1.165) is 64.2 Å². The van der Waals surface area contributed by atoms with Gasteiger partial charge >= 0.3 is 17.6 Å². The molecule has 1 fully saturated rings. The molecule has 4 atom stereocenters. The van der Waals surface area contributed by atoms with Gasteiger partial charge in [-0.1, -0.05) is 65.2 Å². The molecule has 0 bridgehead atoms. The zero-order valence-corrected chi connectivity index (χ0v) is 22.0. The standard InChI is InChI=1S/C26H43N3O7/c1-4-6-8-10-12-14-21(30)34-18-19-23(36-22(31)15-13-11-9-7-5-2)24(33-3)25(35-19)29-17-16-20(27)28-26(29)32/h16-17,19,23-25H,4-15,18H2,1-3H3,(H2,27,28,32)/t19-,23-,24-,25?/m1/s1. The van der Waals surface area contributed by atoms with Crippen molar-refractivity contribution in [3.63, 3.8) is 0 Å². The molecule has 2 rings (SSSR count). The van der Waals surface area contributed by atoms with Gasteiger partial charge in [-0.15, -0.1) is 0 Å². The molecule has 2 N–H and O–H groups in total. The molecular weight excluding hydrogens is 466 g/mol. The van der Waals surface area contributed by atoms with Gasteiger partial charge in [-0.25, -0.2) is 4.79 Å². The molecule has 0 spiro atoms. The molecule has 0 radical (unpaired) electrons. The SMILES string of the molecule is CCCCCCCC(=O)OC[C@H]1OC(n2ccc(N)nc2=O)[C@H](OC)[C@@H]1OC(=O)CCCCCCC. The van der Waals surface area contributed by atoms with E-state index in [1.807, 2.05) is 0 Å². The monoisotopic (exact) mass is 509 g/mol. The number of aromatic nitrogens is 2. The fourth-order valence-corrected chi connectivity index (χ4v) is 4.28. The van der Waals surface area contributed by atoms with Crippen molar-refractivity contribution in [3.05, 3.63) is 22.7 Å². The molecule has 1 aromatic rings. The summed E-state index contributed by atoms with van der Waals surface area (Å²) in [6.45, 7) is 4.16. The Bertz CT molecular complexity index is 860. The predicted molar refractivity (Wildman–Crippen MR) is 135 cm³/mol. The highest BCUT2D eigenvalue weighted by atomic mass is 16.6. The number of nitrogen functional groups attached to an aromatic ring is 1. The molecule has 36 heavy (non-hydrogen) atoms. The molecule has 1 aliphatic rings. The second kappa shape index (κ2) is 16.3. The highest BCUT2D eigenvalue weighted by Gasteiger charge is 2.49. The highest BCUT2D eigenvalue weighted by molar-refractivity contribution is 5.70. The number of unbranched alkanes of at least 4 members (excludes halogenated alkanes) is 8. The van der Waals surface area contributed by atoms with Gasteiger partial charge in [0.25, 0.3) is 0 Å². The number of nitrogens with zero attached hydrogens (tertiary/aromatic N) is 2. The van der Waals surface area contributed by atoms with E-state index >= 15 is 0 Å². The number of nitrogens with two attached hydrogens (primary N) is 1. The van der Waals surface area contributed by atoms with E-state index < -0.39 is 30.2 Å². The van der Waals surface area contributed by atoms with Crippen molar-refractivity contribution in [2.75, 3.05) is 19.5 Å². The van der Waals surface area contributed by atoms with Crippen LogP contribution in [-0.2, 0) is 28.5 Å². The van der Waals surface area contributed by atoms with E-state index in [1.54, 1.807) is 0 Å². The Labute approximate surface area is 213 Å². The molecule has 1 aliphatic heterocycles. The number of rotatable bonds is 17. The van der Waals surface area contributed by atoms with Gasteiger partial charge in [-0.05, 0) is 18.9 Å². The van der Waals surface area contributed by atoms with E-state index in [-0.39, 0.29) is 30.8 Å². The first-order valence-corrected chi connectivity index (χ1v) is 13.3. The third-order valence-electron chi connectivity index (χ3n) is 6.33. The number of anilines is 1. The maximum Gasteiger partial charge on any atom is 0.351 e. The largest absolute Gasteiger partial charge is 0.463 e. The van der Waals surface area contributed by atoms with Crippen molar-refractivity contribution < 1.29 is 28.5 Å². The Kier molecular flexibility index (Phi) is 13.5. The van der Waals surface area contributed by atoms with E-state index in [9.17, 15) is 14.4 Å². The van der Waals surface area contributed by atoms with Gasteiger partial charge in [0.15, 0.2) is 12.3 Å². The van der Waals surface area contributed by atoms with Crippen LogP contribution in [0.2, 0.25) is 0 Å². The minimum Gasteiger partial charge on any atom is -0.463 e. The first kappa shape index (κ1) is 29.8. The zero-order chi connectivity index (χ0) is 26.3. The number of hydrogen-bond donors (Lipinski definition) is 1. The van der Waals surface area contributed by atoms with Crippen LogP contribution in [0, 0.1) is 0 Å². The van der Waals surface area contributed by atoms with Gasteiger partial charge in [0.2, 0.25) is 0 Å². The van der Waals surface area contributed by atoms with Crippen LogP contribution in [0.5, 0.6) is 0 Å². The lowest BCUT2D eigenvalue weighted by atomic mass is 10.1. The van der Waals surface area contributed by atoms with Crippen molar-refractivity contribution in [2.24, 2.45) is 0 Å². The van der Waals surface area contributed by atoms with Crippen molar-refractivity contribution >= 4 is 17.8 Å². The van der Waals surface area contributed by atoms with Gasteiger partial charge in [-0.3, -0.25) is 14.2 Å². The summed E-state index contributed by atoms with van der Waals surface area (Å²) in [6.07, 6.45) is 8.80. The smallest absolute Gasteiger partial charge is 0.351 e. The Hall–Kier alpha value is -2.46. The number of carbonyl (C=O) groups excluding carboxylic acids is 2. The second-order valence-electron chi connectivity index (χ2n) is 9.27. The Morgan fingerprint density at radius 1 is 0.972 bits per heavy atom. The summed E-state index contributed by atoms with van der Waals surface area (Å²) in [5.41, 5.74) is 5.00. The summed E-state index contributed by atoms with van der Waals surface area (Å²) in [7, 11) is 1.45. The number of esters is 2. The average Bonchev–Trinajstić information content (AvgIpc) is 3.19. The lowest BCUT2D eigenvalue weighted by Gasteiger charge is -2.23. The lowest BCUT2D eigenvalue weighted by molar-refractivity contribution is -0.161. The van der Waals surface area contributed by atoms with E-state index in [0.29, 0.717) is 6.42 Å². The summed E-state index contributed by atoms with van der Waals surface area (Å²) in [6, 6.07) is 1.47. The molecular formula is C26H43N3O7. The van der Waals surface area contributed by atoms with E-state index in [4.69, 9.17) is 24.7 Å². The number of hydrogen-bond acceptors (Lipinski definition) is 9.